The zero-order valence-corrected chi connectivity index (χ0v) is 20.9. The van der Waals surface area contributed by atoms with E-state index in [4.69, 9.17) is 0 Å². The first-order valence-electron chi connectivity index (χ1n) is 12.9. The van der Waals surface area contributed by atoms with Gasteiger partial charge in [-0.25, -0.2) is 14.8 Å². The number of H-pyrrole nitrogens is 1. The number of halogens is 1. The number of fused-ring (bicyclic) bond motifs is 1. The molecule has 2 aromatic rings. The van der Waals surface area contributed by atoms with Crippen molar-refractivity contribution >= 4 is 5.57 Å². The molecule has 2 fully saturated rings. The van der Waals surface area contributed by atoms with Crippen LogP contribution in [0.25, 0.3) is 5.57 Å². The first-order chi connectivity index (χ1) is 16.7. The van der Waals surface area contributed by atoms with Crippen molar-refractivity contribution in [2.45, 2.75) is 76.2 Å². The number of aryl methyl sites for hydroxylation is 1. The van der Waals surface area contributed by atoms with Gasteiger partial charge in [0.2, 0.25) is 0 Å². The van der Waals surface area contributed by atoms with E-state index in [-0.39, 0.29) is 29.7 Å². The predicted molar refractivity (Wildman–Crippen MR) is 135 cm³/mol. The maximum atomic E-state index is 15.8. The Hall–Kier alpha value is -2.26. The molecule has 0 radical (unpaired) electrons. The van der Waals surface area contributed by atoms with Crippen molar-refractivity contribution in [3.05, 3.63) is 53.1 Å². The first-order valence-corrected chi connectivity index (χ1v) is 12.9. The number of phenols is 1. The molecule has 1 aromatic heterocycles. The molecule has 8 heteroatoms. The van der Waals surface area contributed by atoms with Gasteiger partial charge in [-0.15, -0.1) is 0 Å². The largest absolute Gasteiger partial charge is 0.508 e. The highest BCUT2D eigenvalue weighted by Crippen LogP contribution is 2.45. The van der Waals surface area contributed by atoms with Crippen LogP contribution in [0.3, 0.4) is 0 Å². The number of hydrogen-bond donors (Lipinski definition) is 5. The van der Waals surface area contributed by atoms with Crippen molar-refractivity contribution in [3.63, 3.8) is 0 Å². The average molecular weight is 484 g/mol. The topological polar surface area (TPSA) is 96.4 Å². The van der Waals surface area contributed by atoms with Gasteiger partial charge in [-0.05, 0) is 68.4 Å². The summed E-state index contributed by atoms with van der Waals surface area (Å²) in [4.78, 5) is 10.5. The Bertz CT molecular complexity index is 1080. The fourth-order valence-corrected chi connectivity index (χ4v) is 5.97. The highest BCUT2D eigenvalue weighted by Gasteiger charge is 2.48. The zero-order valence-electron chi connectivity index (χ0n) is 20.9. The molecule has 190 valence electrons. The van der Waals surface area contributed by atoms with Gasteiger partial charge in [-0.1, -0.05) is 19.1 Å². The Morgan fingerprint density at radius 1 is 1.23 bits per heavy atom. The SMILES string of the molecule is CCc1cc(O)ccc1C1CCC2C(c3ncc(C4=CCN(CCC(C)(C)O)C4)[nH]3)NNC2C1F. The van der Waals surface area contributed by atoms with Gasteiger partial charge >= 0.3 is 0 Å². The Morgan fingerprint density at radius 3 is 2.83 bits per heavy atom. The molecule has 5 unspecified atom stereocenters. The molecule has 0 spiro atoms. The van der Waals surface area contributed by atoms with E-state index < -0.39 is 11.8 Å². The number of aromatic hydroxyl groups is 1. The smallest absolute Gasteiger partial charge is 0.125 e. The van der Waals surface area contributed by atoms with Crippen LogP contribution in [0.2, 0.25) is 0 Å². The number of nitrogens with one attached hydrogen (secondary N) is 3. The van der Waals surface area contributed by atoms with Crippen LogP contribution < -0.4 is 10.9 Å². The number of aromatic nitrogens is 2. The maximum absolute atomic E-state index is 15.8. The van der Waals surface area contributed by atoms with Crippen molar-refractivity contribution < 1.29 is 14.6 Å². The van der Waals surface area contributed by atoms with Crippen molar-refractivity contribution in [2.24, 2.45) is 5.92 Å². The summed E-state index contributed by atoms with van der Waals surface area (Å²) in [5.41, 5.74) is 10.2. The number of imidazole rings is 1. The normalized spacial score (nSPS) is 29.4. The molecule has 1 saturated carbocycles. The summed E-state index contributed by atoms with van der Waals surface area (Å²) in [6, 6.07) is 4.99. The minimum atomic E-state index is -1.02. The maximum Gasteiger partial charge on any atom is 0.125 e. The number of aromatic amines is 1. The summed E-state index contributed by atoms with van der Waals surface area (Å²) in [7, 11) is 0. The summed E-state index contributed by atoms with van der Waals surface area (Å²) < 4.78 is 15.8. The molecule has 2 aliphatic heterocycles. The summed E-state index contributed by atoms with van der Waals surface area (Å²) >= 11 is 0. The van der Waals surface area contributed by atoms with E-state index in [0.717, 1.165) is 68.0 Å². The number of rotatable bonds is 7. The van der Waals surface area contributed by atoms with Crippen molar-refractivity contribution in [3.8, 4) is 5.75 Å². The fourth-order valence-electron chi connectivity index (χ4n) is 5.97. The van der Waals surface area contributed by atoms with Crippen LogP contribution in [-0.2, 0) is 6.42 Å². The van der Waals surface area contributed by atoms with E-state index in [2.05, 4.69) is 31.8 Å². The van der Waals surface area contributed by atoms with Crippen molar-refractivity contribution in [1.82, 2.24) is 25.7 Å². The molecule has 1 aromatic carbocycles. The fraction of sp³-hybridized carbons (Fsp3) is 0.593. The van der Waals surface area contributed by atoms with E-state index in [1.807, 2.05) is 33.0 Å². The van der Waals surface area contributed by atoms with E-state index in [0.29, 0.717) is 0 Å². The van der Waals surface area contributed by atoms with Gasteiger partial charge in [-0.3, -0.25) is 10.3 Å². The highest BCUT2D eigenvalue weighted by atomic mass is 19.1. The third-order valence-corrected chi connectivity index (χ3v) is 8.01. The second-order valence-electron chi connectivity index (χ2n) is 11.0. The van der Waals surface area contributed by atoms with Gasteiger partial charge in [0.05, 0.1) is 29.6 Å². The number of hydrogen-bond acceptors (Lipinski definition) is 6. The van der Waals surface area contributed by atoms with Gasteiger partial charge < -0.3 is 15.2 Å². The number of hydrazine groups is 1. The van der Waals surface area contributed by atoms with Crippen molar-refractivity contribution in [2.75, 3.05) is 19.6 Å². The Balaban J connectivity index is 1.24. The number of benzene rings is 1. The molecule has 0 bridgehead atoms. The molecule has 3 heterocycles. The lowest BCUT2D eigenvalue weighted by Gasteiger charge is -2.36. The summed E-state index contributed by atoms with van der Waals surface area (Å²) in [6.07, 6.45) is 6.27. The number of alkyl halides is 1. The lowest BCUT2D eigenvalue weighted by atomic mass is 9.71. The molecule has 1 aliphatic carbocycles. The lowest BCUT2D eigenvalue weighted by molar-refractivity contribution is 0.0612. The average Bonchev–Trinajstić information content (AvgIpc) is 3.56. The van der Waals surface area contributed by atoms with E-state index in [1.165, 1.54) is 5.57 Å². The van der Waals surface area contributed by atoms with Gasteiger partial charge in [-0.2, -0.15) is 0 Å². The molecule has 5 atom stereocenters. The monoisotopic (exact) mass is 483 g/mol. The zero-order chi connectivity index (χ0) is 24.7. The number of nitrogens with zero attached hydrogens (tertiary/aromatic N) is 2. The molecular formula is C27H38FN5O2. The molecule has 35 heavy (non-hydrogen) atoms. The van der Waals surface area contributed by atoms with Crippen LogP contribution in [0, 0.1) is 5.92 Å². The van der Waals surface area contributed by atoms with Crippen molar-refractivity contribution in [1.29, 1.82) is 0 Å². The van der Waals surface area contributed by atoms with Crippen LogP contribution in [0.1, 0.15) is 74.6 Å². The molecule has 5 N–H and O–H groups in total. The van der Waals surface area contributed by atoms with Crippen LogP contribution in [-0.4, -0.2) is 62.5 Å². The lowest BCUT2D eigenvalue weighted by Crippen LogP contribution is -2.45. The van der Waals surface area contributed by atoms with Gasteiger partial charge in [0.15, 0.2) is 0 Å². The van der Waals surface area contributed by atoms with Crippen LogP contribution in [0.5, 0.6) is 5.75 Å². The van der Waals surface area contributed by atoms with Gasteiger partial charge in [0.25, 0.3) is 0 Å². The second-order valence-corrected chi connectivity index (χ2v) is 11.0. The highest BCUT2D eigenvalue weighted by molar-refractivity contribution is 5.66. The standard InChI is InChI=1S/C27H38FN5O2/c1-4-16-13-18(34)5-6-19(16)20-7-8-21-24(23(20)28)31-32-25(21)26-29-14-22(30-26)17-9-11-33(15-17)12-10-27(2,3)35/h5-6,9,13-14,20-21,23-25,31-32,34-35H,4,7-8,10-12,15H2,1-3H3,(H,29,30). The van der Waals surface area contributed by atoms with Crippen LogP contribution in [0.4, 0.5) is 4.39 Å². The Morgan fingerprint density at radius 2 is 2.06 bits per heavy atom. The molecule has 5 rings (SSSR count). The van der Waals surface area contributed by atoms with E-state index in [1.54, 1.807) is 12.1 Å². The van der Waals surface area contributed by atoms with Gasteiger partial charge in [0, 0.05) is 31.5 Å². The third kappa shape index (κ3) is 5.03. The van der Waals surface area contributed by atoms with E-state index in [9.17, 15) is 10.2 Å². The van der Waals surface area contributed by atoms with Crippen LogP contribution in [0.15, 0.2) is 30.5 Å². The minimum absolute atomic E-state index is 0.0632. The van der Waals surface area contributed by atoms with Gasteiger partial charge in [0.1, 0.15) is 17.7 Å². The summed E-state index contributed by atoms with van der Waals surface area (Å²) in [6.45, 7) is 8.29. The molecule has 3 aliphatic rings. The first kappa shape index (κ1) is 24.4. The predicted octanol–water partition coefficient (Wildman–Crippen LogP) is 3.59. The number of aliphatic hydroxyl groups is 1. The van der Waals surface area contributed by atoms with Crippen LogP contribution >= 0.6 is 0 Å². The quantitative estimate of drug-likeness (QED) is 0.413. The second kappa shape index (κ2) is 9.65. The molecule has 0 amide bonds. The third-order valence-electron chi connectivity index (χ3n) is 8.01. The summed E-state index contributed by atoms with van der Waals surface area (Å²) in [5.74, 6) is 1.02. The summed E-state index contributed by atoms with van der Waals surface area (Å²) in [5, 5.41) is 19.9. The molecule has 7 nitrogen and oxygen atoms in total. The molecular weight excluding hydrogens is 445 g/mol. The Kier molecular flexibility index (Phi) is 6.74. The van der Waals surface area contributed by atoms with E-state index >= 15 is 4.39 Å². The molecule has 1 saturated heterocycles. The Labute approximate surface area is 206 Å². The minimum Gasteiger partial charge on any atom is -0.508 e. The number of phenolic OH excluding ortho intramolecular Hbond substituents is 1.